The van der Waals surface area contributed by atoms with E-state index in [-0.39, 0.29) is 12.1 Å². The molecule has 1 heterocycles. The third-order valence-corrected chi connectivity index (χ3v) is 4.68. The molecule has 1 aromatic rings. The van der Waals surface area contributed by atoms with Crippen LogP contribution in [0, 0.1) is 0 Å². The van der Waals surface area contributed by atoms with Crippen LogP contribution >= 0.6 is 27.7 Å². The Morgan fingerprint density at radius 3 is 2.70 bits per heavy atom. The highest BCUT2D eigenvalue weighted by molar-refractivity contribution is 9.10. The van der Waals surface area contributed by atoms with Gasteiger partial charge in [-0.25, -0.2) is 9.59 Å². The minimum Gasteiger partial charge on any atom is -0.480 e. The minimum atomic E-state index is -0.957. The fourth-order valence-corrected chi connectivity index (χ4v) is 3.36. The molecule has 1 aromatic carbocycles. The number of nitrogens with zero attached hydrogens (tertiary/aromatic N) is 1. The number of hydrogen-bond acceptors (Lipinski definition) is 3. The Morgan fingerprint density at radius 1 is 1.45 bits per heavy atom. The summed E-state index contributed by atoms with van der Waals surface area (Å²) in [6, 6.07) is 6.41. The van der Waals surface area contributed by atoms with E-state index in [1.54, 1.807) is 0 Å². The molecule has 2 atom stereocenters. The molecule has 0 aromatic heterocycles. The van der Waals surface area contributed by atoms with Crippen LogP contribution in [0.2, 0.25) is 0 Å². The van der Waals surface area contributed by atoms with Crippen LogP contribution in [0.3, 0.4) is 0 Å². The number of thioether (sulfide) groups is 1. The number of nitrogens with one attached hydrogen (secondary N) is 1. The van der Waals surface area contributed by atoms with Crippen LogP contribution in [-0.2, 0) is 4.79 Å². The molecule has 20 heavy (non-hydrogen) atoms. The van der Waals surface area contributed by atoms with E-state index >= 15 is 0 Å². The molecular formula is C13H15BrN2O3S. The van der Waals surface area contributed by atoms with Crippen LogP contribution < -0.4 is 5.32 Å². The quantitative estimate of drug-likeness (QED) is 0.871. The number of aliphatic carboxylic acids is 1. The maximum atomic E-state index is 12.1. The first-order valence-electron chi connectivity index (χ1n) is 6.12. The van der Waals surface area contributed by atoms with Crippen LogP contribution in [0.5, 0.6) is 0 Å². The number of urea groups is 1. The van der Waals surface area contributed by atoms with E-state index in [1.807, 2.05) is 31.2 Å². The molecule has 2 N–H and O–H groups in total. The Bertz CT molecular complexity index is 509. The second-order valence-corrected chi connectivity index (χ2v) is 6.46. The maximum absolute atomic E-state index is 12.1. The average Bonchev–Trinajstić information content (AvgIpc) is 2.88. The first-order valence-corrected chi connectivity index (χ1v) is 8.07. The van der Waals surface area contributed by atoms with E-state index in [9.17, 15) is 9.59 Å². The van der Waals surface area contributed by atoms with Crippen LogP contribution in [0.25, 0.3) is 0 Å². The van der Waals surface area contributed by atoms with Gasteiger partial charge in [-0.2, -0.15) is 0 Å². The number of amides is 2. The monoisotopic (exact) mass is 358 g/mol. The normalized spacial score (nSPS) is 19.7. The maximum Gasteiger partial charge on any atom is 0.327 e. The first-order chi connectivity index (χ1) is 9.49. The number of carbonyl (C=O) groups excluding carboxylic acids is 1. The predicted octanol–water partition coefficient (Wildman–Crippen LogP) is 2.68. The molecule has 5 nitrogen and oxygen atoms in total. The first kappa shape index (κ1) is 15.2. The number of hydrogen-bond donors (Lipinski definition) is 2. The summed E-state index contributed by atoms with van der Waals surface area (Å²) < 4.78 is 0.974. The van der Waals surface area contributed by atoms with Crippen molar-refractivity contribution in [2.45, 2.75) is 19.0 Å². The Morgan fingerprint density at radius 2 is 2.10 bits per heavy atom. The zero-order chi connectivity index (χ0) is 14.7. The standard InChI is InChI=1S/C13H15BrN2O3S/c1-8(9-2-4-10(14)5-3-9)15-13(19)16-7-20-6-11(16)12(17)18/h2-5,8,11H,6-7H2,1H3,(H,15,19)(H,17,18). The summed E-state index contributed by atoms with van der Waals surface area (Å²) in [5.41, 5.74) is 0.972. The second kappa shape index (κ2) is 6.49. The van der Waals surface area contributed by atoms with Crippen molar-refractivity contribution in [1.29, 1.82) is 0 Å². The zero-order valence-corrected chi connectivity index (χ0v) is 13.3. The summed E-state index contributed by atoms with van der Waals surface area (Å²) in [7, 11) is 0. The third kappa shape index (κ3) is 3.46. The van der Waals surface area contributed by atoms with Gasteiger partial charge in [-0.05, 0) is 24.6 Å². The number of carboxylic acids is 1. The lowest BCUT2D eigenvalue weighted by Crippen LogP contribution is -2.47. The Kier molecular flexibility index (Phi) is 4.93. The molecule has 0 spiro atoms. The minimum absolute atomic E-state index is 0.171. The van der Waals surface area contributed by atoms with Gasteiger partial charge in [0, 0.05) is 10.2 Å². The van der Waals surface area contributed by atoms with E-state index < -0.39 is 12.0 Å². The van der Waals surface area contributed by atoms with Crippen LogP contribution in [0.4, 0.5) is 4.79 Å². The second-order valence-electron chi connectivity index (χ2n) is 4.55. The highest BCUT2D eigenvalue weighted by Gasteiger charge is 2.34. The van der Waals surface area contributed by atoms with Crippen molar-refractivity contribution in [2.75, 3.05) is 11.6 Å². The fourth-order valence-electron chi connectivity index (χ4n) is 1.95. The molecule has 2 rings (SSSR count). The molecule has 1 saturated heterocycles. The molecule has 0 aliphatic carbocycles. The summed E-state index contributed by atoms with van der Waals surface area (Å²) >= 11 is 4.81. The van der Waals surface area contributed by atoms with E-state index in [0.717, 1.165) is 10.0 Å². The van der Waals surface area contributed by atoms with Gasteiger partial charge in [0.2, 0.25) is 0 Å². The molecule has 0 radical (unpaired) electrons. The predicted molar refractivity (Wildman–Crippen MR) is 81.7 cm³/mol. The van der Waals surface area contributed by atoms with E-state index in [0.29, 0.717) is 11.6 Å². The summed E-state index contributed by atoms with van der Waals surface area (Å²) in [6.07, 6.45) is 0. The summed E-state index contributed by atoms with van der Waals surface area (Å²) in [4.78, 5) is 24.6. The number of benzene rings is 1. The molecule has 7 heteroatoms. The topological polar surface area (TPSA) is 69.6 Å². The van der Waals surface area contributed by atoms with Gasteiger partial charge in [0.15, 0.2) is 0 Å². The van der Waals surface area contributed by atoms with Crippen molar-refractivity contribution in [3.05, 3.63) is 34.3 Å². The summed E-state index contributed by atoms with van der Waals surface area (Å²) in [5, 5.41) is 11.9. The van der Waals surface area contributed by atoms with Crippen LogP contribution in [0.1, 0.15) is 18.5 Å². The van der Waals surface area contributed by atoms with Gasteiger partial charge in [0.05, 0.1) is 11.9 Å². The van der Waals surface area contributed by atoms with Gasteiger partial charge in [-0.1, -0.05) is 28.1 Å². The molecule has 0 bridgehead atoms. The van der Waals surface area contributed by atoms with Gasteiger partial charge in [0.1, 0.15) is 6.04 Å². The van der Waals surface area contributed by atoms with E-state index in [4.69, 9.17) is 5.11 Å². The smallest absolute Gasteiger partial charge is 0.327 e. The lowest BCUT2D eigenvalue weighted by molar-refractivity contribution is -0.140. The van der Waals surface area contributed by atoms with Crippen LogP contribution in [0.15, 0.2) is 28.7 Å². The summed E-state index contributed by atoms with van der Waals surface area (Å²) in [6.45, 7) is 1.88. The average molecular weight is 359 g/mol. The number of rotatable bonds is 3. The van der Waals surface area contributed by atoms with Gasteiger partial charge in [0.25, 0.3) is 0 Å². The molecule has 2 amide bonds. The van der Waals surface area contributed by atoms with E-state index in [2.05, 4.69) is 21.2 Å². The lowest BCUT2D eigenvalue weighted by atomic mass is 10.1. The van der Waals surface area contributed by atoms with Gasteiger partial charge in [-0.15, -0.1) is 11.8 Å². The lowest BCUT2D eigenvalue weighted by Gasteiger charge is -2.23. The zero-order valence-electron chi connectivity index (χ0n) is 10.9. The van der Waals surface area contributed by atoms with Crippen molar-refractivity contribution in [1.82, 2.24) is 10.2 Å². The highest BCUT2D eigenvalue weighted by atomic mass is 79.9. The number of carboxylic acid groups (broad SMARTS) is 1. The molecule has 1 fully saturated rings. The van der Waals surface area contributed by atoms with Crippen LogP contribution in [-0.4, -0.2) is 39.7 Å². The van der Waals surface area contributed by atoms with Crippen molar-refractivity contribution >= 4 is 39.7 Å². The fraction of sp³-hybridized carbons (Fsp3) is 0.385. The molecule has 2 unspecified atom stereocenters. The molecule has 108 valence electrons. The highest BCUT2D eigenvalue weighted by Crippen LogP contribution is 2.22. The number of carbonyl (C=O) groups is 2. The van der Waals surface area contributed by atoms with Crippen molar-refractivity contribution < 1.29 is 14.7 Å². The van der Waals surface area contributed by atoms with Crippen molar-refractivity contribution in [3.63, 3.8) is 0 Å². The van der Waals surface area contributed by atoms with Gasteiger partial charge >= 0.3 is 12.0 Å². The SMILES string of the molecule is CC(NC(=O)N1CSCC1C(=O)O)c1ccc(Br)cc1. The van der Waals surface area contributed by atoms with Gasteiger partial charge in [-0.3, -0.25) is 0 Å². The Hall–Kier alpha value is -1.21. The Balaban J connectivity index is 2.00. The number of halogens is 1. The molecule has 1 aliphatic heterocycles. The molecular weight excluding hydrogens is 344 g/mol. The largest absolute Gasteiger partial charge is 0.480 e. The molecule has 0 saturated carbocycles. The van der Waals surface area contributed by atoms with Crippen molar-refractivity contribution in [2.24, 2.45) is 0 Å². The Labute approximate surface area is 129 Å². The van der Waals surface area contributed by atoms with E-state index in [1.165, 1.54) is 16.7 Å². The van der Waals surface area contributed by atoms with Gasteiger partial charge < -0.3 is 15.3 Å². The van der Waals surface area contributed by atoms with Crippen molar-refractivity contribution in [3.8, 4) is 0 Å². The third-order valence-electron chi connectivity index (χ3n) is 3.14. The summed E-state index contributed by atoms with van der Waals surface area (Å²) in [5.74, 6) is -0.105. The molecule has 1 aliphatic rings.